The number of halogens is 1. The van der Waals surface area contributed by atoms with Crippen molar-refractivity contribution in [3.05, 3.63) is 34.9 Å². The maximum atomic E-state index is 11.8. The zero-order valence-corrected chi connectivity index (χ0v) is 14.2. The van der Waals surface area contributed by atoms with Crippen LogP contribution in [0.1, 0.15) is 18.9 Å². The Hall–Kier alpha value is -1.60. The van der Waals surface area contributed by atoms with E-state index in [1.54, 1.807) is 31.2 Å². The topological polar surface area (TPSA) is 89.5 Å². The van der Waals surface area contributed by atoms with Gasteiger partial charge >= 0.3 is 5.97 Å². The van der Waals surface area contributed by atoms with E-state index in [0.717, 1.165) is 5.56 Å². The van der Waals surface area contributed by atoms with Crippen molar-refractivity contribution in [3.8, 4) is 0 Å². The number of amides is 1. The first-order valence-electron chi connectivity index (χ1n) is 7.09. The second-order valence-corrected chi connectivity index (χ2v) is 8.54. The van der Waals surface area contributed by atoms with Crippen LogP contribution in [-0.4, -0.2) is 43.9 Å². The summed E-state index contributed by atoms with van der Waals surface area (Å²) >= 11 is 5.75. The van der Waals surface area contributed by atoms with Crippen LogP contribution in [0, 0.1) is 0 Å². The molecule has 0 bridgehead atoms. The number of carbonyl (C=O) groups is 2. The third kappa shape index (κ3) is 5.51. The molecule has 1 aliphatic heterocycles. The van der Waals surface area contributed by atoms with Crippen molar-refractivity contribution in [2.45, 2.75) is 25.3 Å². The number of hydrogen-bond donors (Lipinski definition) is 1. The monoisotopic (exact) mass is 359 g/mol. The van der Waals surface area contributed by atoms with Crippen molar-refractivity contribution in [2.24, 2.45) is 0 Å². The lowest BCUT2D eigenvalue weighted by molar-refractivity contribution is -0.148. The predicted octanol–water partition coefficient (Wildman–Crippen LogP) is 1.12. The maximum Gasteiger partial charge on any atom is 0.310 e. The quantitative estimate of drug-likeness (QED) is 0.796. The van der Waals surface area contributed by atoms with E-state index in [-0.39, 0.29) is 17.9 Å². The Morgan fingerprint density at radius 2 is 1.96 bits per heavy atom. The summed E-state index contributed by atoms with van der Waals surface area (Å²) in [6, 6.07) is 6.73. The van der Waals surface area contributed by atoms with Crippen LogP contribution in [0.2, 0.25) is 5.02 Å². The highest BCUT2D eigenvalue weighted by molar-refractivity contribution is 7.91. The van der Waals surface area contributed by atoms with Gasteiger partial charge in [0.1, 0.15) is 0 Å². The molecular weight excluding hydrogens is 342 g/mol. The third-order valence-corrected chi connectivity index (χ3v) is 5.73. The molecule has 0 aliphatic carbocycles. The van der Waals surface area contributed by atoms with Crippen LogP contribution in [0.3, 0.4) is 0 Å². The molecule has 1 fully saturated rings. The smallest absolute Gasteiger partial charge is 0.310 e. The largest absolute Gasteiger partial charge is 0.455 e. The van der Waals surface area contributed by atoms with Crippen molar-refractivity contribution in [2.75, 3.05) is 18.1 Å². The van der Waals surface area contributed by atoms with E-state index in [2.05, 4.69) is 5.32 Å². The Kier molecular flexibility index (Phi) is 5.31. The summed E-state index contributed by atoms with van der Waals surface area (Å²) in [5.74, 6) is -1.08. The van der Waals surface area contributed by atoms with Crippen molar-refractivity contribution in [1.29, 1.82) is 0 Å². The predicted molar refractivity (Wildman–Crippen MR) is 85.9 cm³/mol. The van der Waals surface area contributed by atoms with Crippen LogP contribution < -0.4 is 5.32 Å². The van der Waals surface area contributed by atoms with E-state index in [4.69, 9.17) is 16.3 Å². The Morgan fingerprint density at radius 3 is 2.52 bits per heavy atom. The fourth-order valence-electron chi connectivity index (χ4n) is 2.45. The second kappa shape index (κ2) is 6.88. The minimum absolute atomic E-state index is 0.0378. The van der Waals surface area contributed by atoms with Crippen molar-refractivity contribution < 1.29 is 22.7 Å². The van der Waals surface area contributed by atoms with Gasteiger partial charge in [-0.05, 0) is 31.0 Å². The molecule has 1 N–H and O–H groups in total. The first-order valence-corrected chi connectivity index (χ1v) is 9.29. The maximum absolute atomic E-state index is 11.8. The molecule has 1 heterocycles. The Bertz CT molecular complexity index is 701. The lowest BCUT2D eigenvalue weighted by atomic mass is 10.0. The molecule has 0 saturated carbocycles. The summed E-state index contributed by atoms with van der Waals surface area (Å²) < 4.78 is 27.9. The lowest BCUT2D eigenvalue weighted by Crippen LogP contribution is -2.48. The van der Waals surface area contributed by atoms with Gasteiger partial charge in [-0.25, -0.2) is 8.42 Å². The van der Waals surface area contributed by atoms with E-state index in [1.165, 1.54) is 0 Å². The van der Waals surface area contributed by atoms with E-state index >= 15 is 0 Å². The van der Waals surface area contributed by atoms with Crippen LogP contribution in [0.25, 0.3) is 0 Å². The number of benzene rings is 1. The second-order valence-electron chi connectivity index (χ2n) is 5.91. The van der Waals surface area contributed by atoms with Gasteiger partial charge in [0.2, 0.25) is 0 Å². The molecular formula is C15H18ClNO5S. The van der Waals surface area contributed by atoms with Gasteiger partial charge in [-0.3, -0.25) is 9.59 Å². The van der Waals surface area contributed by atoms with Gasteiger partial charge < -0.3 is 10.1 Å². The number of carbonyl (C=O) groups excluding carboxylic acids is 2. The lowest BCUT2D eigenvalue weighted by Gasteiger charge is -2.23. The molecule has 0 unspecified atom stereocenters. The summed E-state index contributed by atoms with van der Waals surface area (Å²) in [5.41, 5.74) is -0.0629. The number of nitrogens with one attached hydrogen (secondary N) is 1. The van der Waals surface area contributed by atoms with Crippen LogP contribution in [0.5, 0.6) is 0 Å². The average Bonchev–Trinajstić information content (AvgIpc) is 2.73. The fourth-order valence-corrected chi connectivity index (χ4v) is 4.67. The van der Waals surface area contributed by atoms with Crippen LogP contribution in [0.15, 0.2) is 24.3 Å². The number of hydrogen-bond acceptors (Lipinski definition) is 5. The molecule has 1 atom stereocenters. The normalized spacial score (nSPS) is 22.5. The molecule has 1 aromatic rings. The van der Waals surface area contributed by atoms with Gasteiger partial charge in [0, 0.05) is 5.02 Å². The molecule has 6 nitrogen and oxygen atoms in total. The number of rotatable bonds is 5. The van der Waals surface area contributed by atoms with Crippen LogP contribution in [0.4, 0.5) is 0 Å². The first-order chi connectivity index (χ1) is 10.7. The number of sulfone groups is 1. The van der Waals surface area contributed by atoms with Crippen molar-refractivity contribution >= 4 is 33.3 Å². The summed E-state index contributed by atoms with van der Waals surface area (Å²) in [4.78, 5) is 23.5. The van der Waals surface area contributed by atoms with Crippen molar-refractivity contribution in [3.63, 3.8) is 0 Å². The van der Waals surface area contributed by atoms with Crippen molar-refractivity contribution in [1.82, 2.24) is 5.32 Å². The van der Waals surface area contributed by atoms with E-state index < -0.39 is 33.9 Å². The minimum Gasteiger partial charge on any atom is -0.455 e. The fraction of sp³-hybridized carbons (Fsp3) is 0.467. The molecule has 1 aromatic carbocycles. The van der Waals surface area contributed by atoms with Gasteiger partial charge in [0.05, 0.1) is 23.5 Å². The van der Waals surface area contributed by atoms with Crippen LogP contribution in [-0.2, 0) is 30.6 Å². The Balaban J connectivity index is 1.78. The summed E-state index contributed by atoms with van der Waals surface area (Å²) in [5, 5.41) is 3.20. The summed E-state index contributed by atoms with van der Waals surface area (Å²) in [6.45, 7) is 1.24. The van der Waals surface area contributed by atoms with Gasteiger partial charge in [-0.1, -0.05) is 23.7 Å². The zero-order chi connectivity index (χ0) is 17.1. The van der Waals surface area contributed by atoms with Gasteiger partial charge in [0.25, 0.3) is 5.91 Å². The molecule has 0 spiro atoms. The molecule has 0 radical (unpaired) electrons. The highest BCUT2D eigenvalue weighted by Gasteiger charge is 2.39. The summed E-state index contributed by atoms with van der Waals surface area (Å²) in [6.07, 6.45) is 0.399. The number of esters is 1. The van der Waals surface area contributed by atoms with Gasteiger partial charge in [-0.15, -0.1) is 0 Å². The number of ether oxygens (including phenoxy) is 1. The van der Waals surface area contributed by atoms with Gasteiger partial charge in [-0.2, -0.15) is 0 Å². The third-order valence-electron chi connectivity index (χ3n) is 3.57. The first kappa shape index (κ1) is 17.7. The molecule has 126 valence electrons. The molecule has 2 rings (SSSR count). The molecule has 8 heteroatoms. The SMILES string of the molecule is C[C@@]1(NC(=O)COC(=O)Cc2ccc(Cl)cc2)CCS(=O)(=O)C1. The van der Waals surface area contributed by atoms with Gasteiger partial charge in [0.15, 0.2) is 16.4 Å². The molecule has 1 saturated heterocycles. The molecule has 1 aliphatic rings. The Morgan fingerprint density at radius 1 is 1.30 bits per heavy atom. The van der Waals surface area contributed by atoms with Crippen LogP contribution >= 0.6 is 11.6 Å². The van der Waals surface area contributed by atoms with E-state index in [1.807, 2.05) is 0 Å². The average molecular weight is 360 g/mol. The standard InChI is InChI=1S/C15H18ClNO5S/c1-15(6-7-23(20,21)10-15)17-13(18)9-22-14(19)8-11-2-4-12(16)5-3-11/h2-5H,6-10H2,1H3,(H,17,18)/t15-/m1/s1. The minimum atomic E-state index is -3.11. The zero-order valence-electron chi connectivity index (χ0n) is 12.7. The van der Waals surface area contributed by atoms with E-state index in [0.29, 0.717) is 11.4 Å². The molecule has 23 heavy (non-hydrogen) atoms. The highest BCUT2D eigenvalue weighted by atomic mass is 35.5. The highest BCUT2D eigenvalue weighted by Crippen LogP contribution is 2.22. The molecule has 0 aromatic heterocycles. The molecule has 1 amide bonds. The van der Waals surface area contributed by atoms with E-state index in [9.17, 15) is 18.0 Å². The summed E-state index contributed by atoms with van der Waals surface area (Å²) in [7, 11) is -3.11. The Labute approximate surface area is 140 Å².